The highest BCUT2D eigenvalue weighted by Gasteiger charge is 2.24. The van der Waals surface area contributed by atoms with Gasteiger partial charge >= 0.3 is 0 Å². The van der Waals surface area contributed by atoms with E-state index in [2.05, 4.69) is 37.8 Å². The fourth-order valence-electron chi connectivity index (χ4n) is 3.20. The molecule has 1 aliphatic heterocycles. The third-order valence-electron chi connectivity index (χ3n) is 4.64. The highest BCUT2D eigenvalue weighted by Crippen LogP contribution is 2.26. The second-order valence-corrected chi connectivity index (χ2v) is 8.10. The summed E-state index contributed by atoms with van der Waals surface area (Å²) in [6, 6.07) is 12.0. The van der Waals surface area contributed by atoms with Crippen molar-refractivity contribution in [2.24, 2.45) is 5.73 Å². The number of likely N-dealkylation sites (tertiary alicyclic amines) is 1. The number of aromatic hydroxyl groups is 1. The summed E-state index contributed by atoms with van der Waals surface area (Å²) in [7, 11) is 0. The van der Waals surface area contributed by atoms with Crippen LogP contribution in [0.1, 0.15) is 53.2 Å². The molecule has 1 saturated heterocycles. The molecule has 0 saturated carbocycles. The molecular weight excluding hydrogens is 332 g/mol. The summed E-state index contributed by atoms with van der Waals surface area (Å²) in [6.07, 6.45) is 4.14. The van der Waals surface area contributed by atoms with E-state index in [1.54, 1.807) is 12.1 Å². The van der Waals surface area contributed by atoms with Crippen LogP contribution in [-0.2, 0) is 6.54 Å². The van der Waals surface area contributed by atoms with Crippen LogP contribution >= 0.6 is 11.3 Å². The summed E-state index contributed by atoms with van der Waals surface area (Å²) >= 11 is 1.94. The summed E-state index contributed by atoms with van der Waals surface area (Å²) in [5, 5.41) is 8.85. The van der Waals surface area contributed by atoms with E-state index in [4.69, 9.17) is 10.8 Å². The summed E-state index contributed by atoms with van der Waals surface area (Å²) in [5.74, 6) is -0.479. The molecule has 1 amide bonds. The average Bonchev–Trinajstić information content (AvgIpc) is 2.97. The molecule has 25 heavy (non-hydrogen) atoms. The van der Waals surface area contributed by atoms with Crippen molar-refractivity contribution >= 4 is 17.2 Å². The van der Waals surface area contributed by atoms with Crippen LogP contribution in [0, 0.1) is 6.92 Å². The molecule has 1 aliphatic rings. The standard InChI is InChI=1S/C13H21NS.C7H7NO2/c1-10-5-4-6-11(2)14(10)9-13-8-7-12(3)15-13;8-7(10)5-2-1-3-6(9)4-5/h7-8,10-11H,4-6,9H2,1-3H3;1-4,9H,(H2,8,10). The Balaban J connectivity index is 0.000000196. The van der Waals surface area contributed by atoms with Gasteiger partial charge in [-0.25, -0.2) is 0 Å². The normalized spacial score (nSPS) is 20.6. The predicted octanol–water partition coefficient (Wildman–Crippen LogP) is 4.31. The van der Waals surface area contributed by atoms with Crippen molar-refractivity contribution in [3.63, 3.8) is 0 Å². The second kappa shape index (κ2) is 9.02. The van der Waals surface area contributed by atoms with Crippen LogP contribution in [0.15, 0.2) is 36.4 Å². The number of amides is 1. The number of hydrogen-bond acceptors (Lipinski definition) is 4. The van der Waals surface area contributed by atoms with Gasteiger partial charge in [-0.15, -0.1) is 11.3 Å². The number of carbonyl (C=O) groups is 1. The van der Waals surface area contributed by atoms with Crippen molar-refractivity contribution < 1.29 is 9.90 Å². The minimum absolute atomic E-state index is 0.0521. The number of nitrogens with zero attached hydrogens (tertiary/aromatic N) is 1. The van der Waals surface area contributed by atoms with E-state index in [1.165, 1.54) is 41.1 Å². The van der Waals surface area contributed by atoms with Crippen LogP contribution < -0.4 is 5.73 Å². The Morgan fingerprint density at radius 3 is 2.40 bits per heavy atom. The molecule has 0 bridgehead atoms. The number of aryl methyl sites for hydroxylation is 1. The van der Waals surface area contributed by atoms with Gasteiger partial charge in [0.15, 0.2) is 0 Å². The monoisotopic (exact) mass is 360 g/mol. The van der Waals surface area contributed by atoms with Crippen molar-refractivity contribution in [2.75, 3.05) is 0 Å². The number of rotatable bonds is 3. The van der Waals surface area contributed by atoms with E-state index in [1.807, 2.05) is 11.3 Å². The van der Waals surface area contributed by atoms with Crippen molar-refractivity contribution in [3.05, 3.63) is 51.7 Å². The predicted molar refractivity (Wildman–Crippen MR) is 104 cm³/mol. The third kappa shape index (κ3) is 5.87. The van der Waals surface area contributed by atoms with Gasteiger partial charge in [0.2, 0.25) is 5.91 Å². The lowest BCUT2D eigenvalue weighted by atomic mass is 9.97. The van der Waals surface area contributed by atoms with E-state index >= 15 is 0 Å². The zero-order valence-electron chi connectivity index (χ0n) is 15.2. The lowest BCUT2D eigenvalue weighted by Crippen LogP contribution is -2.42. The van der Waals surface area contributed by atoms with Gasteiger partial charge < -0.3 is 10.8 Å². The number of primary amides is 1. The molecule has 0 aliphatic carbocycles. The molecule has 5 heteroatoms. The number of nitrogens with two attached hydrogens (primary N) is 1. The Bertz CT molecular complexity index is 689. The molecule has 2 aromatic rings. The Morgan fingerprint density at radius 2 is 1.92 bits per heavy atom. The molecule has 2 heterocycles. The van der Waals surface area contributed by atoms with Crippen molar-refractivity contribution in [3.8, 4) is 5.75 Å². The Morgan fingerprint density at radius 1 is 1.24 bits per heavy atom. The molecule has 3 rings (SSSR count). The van der Waals surface area contributed by atoms with Crippen LogP contribution in [-0.4, -0.2) is 28.0 Å². The van der Waals surface area contributed by atoms with Crippen molar-refractivity contribution in [1.82, 2.24) is 4.90 Å². The van der Waals surface area contributed by atoms with E-state index < -0.39 is 5.91 Å². The van der Waals surface area contributed by atoms with Crippen LogP contribution in [0.2, 0.25) is 0 Å². The lowest BCUT2D eigenvalue weighted by Gasteiger charge is -2.38. The van der Waals surface area contributed by atoms with E-state index in [0.29, 0.717) is 5.56 Å². The average molecular weight is 361 g/mol. The van der Waals surface area contributed by atoms with Crippen LogP contribution in [0.5, 0.6) is 5.75 Å². The fourth-order valence-corrected chi connectivity index (χ4v) is 4.09. The highest BCUT2D eigenvalue weighted by atomic mass is 32.1. The Hall–Kier alpha value is -1.85. The van der Waals surface area contributed by atoms with Crippen LogP contribution in [0.3, 0.4) is 0 Å². The molecule has 3 N–H and O–H groups in total. The van der Waals surface area contributed by atoms with Gasteiger partial charge in [0, 0.05) is 33.9 Å². The van der Waals surface area contributed by atoms with Gasteiger partial charge in [-0.2, -0.15) is 0 Å². The largest absolute Gasteiger partial charge is 0.508 e. The number of hydrogen-bond donors (Lipinski definition) is 2. The van der Waals surface area contributed by atoms with E-state index in [0.717, 1.165) is 18.6 Å². The first kappa shape index (κ1) is 19.5. The van der Waals surface area contributed by atoms with E-state index in [9.17, 15) is 4.79 Å². The Labute approximate surface area is 154 Å². The molecule has 136 valence electrons. The van der Waals surface area contributed by atoms with Crippen LogP contribution in [0.25, 0.3) is 0 Å². The molecule has 1 aromatic carbocycles. The summed E-state index contributed by atoms with van der Waals surface area (Å²) < 4.78 is 0. The SMILES string of the molecule is Cc1ccc(CN2C(C)CCCC2C)s1.NC(=O)c1cccc(O)c1. The molecule has 0 spiro atoms. The zero-order chi connectivity index (χ0) is 18.4. The van der Waals surface area contributed by atoms with Crippen molar-refractivity contribution in [2.45, 2.75) is 58.7 Å². The fraction of sp³-hybridized carbons (Fsp3) is 0.450. The molecular formula is C20H28N2O2S. The first-order chi connectivity index (χ1) is 11.9. The second-order valence-electron chi connectivity index (χ2n) is 6.73. The topological polar surface area (TPSA) is 66.6 Å². The number of phenolic OH excluding ortho intramolecular Hbond substituents is 1. The first-order valence-electron chi connectivity index (χ1n) is 8.76. The minimum Gasteiger partial charge on any atom is -0.508 e. The molecule has 2 atom stereocenters. The highest BCUT2D eigenvalue weighted by molar-refractivity contribution is 7.11. The zero-order valence-corrected chi connectivity index (χ0v) is 16.1. The number of thiophene rings is 1. The third-order valence-corrected chi connectivity index (χ3v) is 5.63. The van der Waals surface area contributed by atoms with Crippen molar-refractivity contribution in [1.29, 1.82) is 0 Å². The van der Waals surface area contributed by atoms with Gasteiger partial charge in [0.1, 0.15) is 5.75 Å². The molecule has 4 nitrogen and oxygen atoms in total. The Kier molecular flexibility index (Phi) is 7.02. The number of piperidine rings is 1. The number of benzene rings is 1. The van der Waals surface area contributed by atoms with Gasteiger partial charge in [0.25, 0.3) is 0 Å². The smallest absolute Gasteiger partial charge is 0.248 e. The van der Waals surface area contributed by atoms with Gasteiger partial charge in [-0.3, -0.25) is 9.69 Å². The van der Waals surface area contributed by atoms with E-state index in [-0.39, 0.29) is 5.75 Å². The maximum atomic E-state index is 10.5. The van der Waals surface area contributed by atoms with Gasteiger partial charge in [0.05, 0.1) is 0 Å². The summed E-state index contributed by atoms with van der Waals surface area (Å²) in [5.41, 5.74) is 5.25. The molecule has 2 unspecified atom stereocenters. The minimum atomic E-state index is -0.532. The summed E-state index contributed by atoms with van der Waals surface area (Å²) in [6.45, 7) is 8.09. The maximum Gasteiger partial charge on any atom is 0.248 e. The lowest BCUT2D eigenvalue weighted by molar-refractivity contribution is 0.0964. The maximum absolute atomic E-state index is 10.5. The van der Waals surface area contributed by atoms with Gasteiger partial charge in [-0.05, 0) is 63.9 Å². The molecule has 1 fully saturated rings. The number of phenols is 1. The quantitative estimate of drug-likeness (QED) is 0.857. The van der Waals surface area contributed by atoms with Crippen LogP contribution in [0.4, 0.5) is 0 Å². The number of carbonyl (C=O) groups excluding carboxylic acids is 1. The molecule has 0 radical (unpaired) electrons. The summed E-state index contributed by atoms with van der Waals surface area (Å²) in [4.78, 5) is 16.1. The molecule has 1 aromatic heterocycles. The van der Waals surface area contributed by atoms with Gasteiger partial charge in [-0.1, -0.05) is 12.5 Å². The first-order valence-corrected chi connectivity index (χ1v) is 9.58.